The molecular formula is C25H22BrF3N4O2. The summed E-state index contributed by atoms with van der Waals surface area (Å²) in [5.74, 6) is -0.829. The average Bonchev–Trinajstić information content (AvgIpc) is 3.14. The van der Waals surface area contributed by atoms with Gasteiger partial charge < -0.3 is 15.0 Å². The number of ether oxygens (including phenoxy) is 1. The van der Waals surface area contributed by atoms with E-state index in [1.807, 2.05) is 41.8 Å². The number of halogens is 4. The Morgan fingerprint density at radius 2 is 1.80 bits per heavy atom. The number of fused-ring (bicyclic) bond motifs is 1. The lowest BCUT2D eigenvalue weighted by atomic mass is 9.84. The molecule has 1 amide bonds. The van der Waals surface area contributed by atoms with E-state index in [9.17, 15) is 18.0 Å². The van der Waals surface area contributed by atoms with Crippen LogP contribution in [-0.4, -0.2) is 26.8 Å². The molecule has 6 nitrogen and oxygen atoms in total. The number of alkyl halides is 3. The van der Waals surface area contributed by atoms with Gasteiger partial charge in [-0.3, -0.25) is 4.79 Å². The van der Waals surface area contributed by atoms with Crippen molar-refractivity contribution in [2.45, 2.75) is 32.2 Å². The first-order chi connectivity index (χ1) is 16.6. The van der Waals surface area contributed by atoms with E-state index in [-0.39, 0.29) is 18.1 Å². The monoisotopic (exact) mass is 546 g/mol. The Bertz CT molecular complexity index is 1320. The molecule has 2 atom stereocenters. The topological polar surface area (TPSA) is 83.0 Å². The van der Waals surface area contributed by atoms with Crippen molar-refractivity contribution in [1.29, 1.82) is 0 Å². The quantitative estimate of drug-likeness (QED) is 0.312. The zero-order valence-corrected chi connectivity index (χ0v) is 20.3. The summed E-state index contributed by atoms with van der Waals surface area (Å²) in [6.45, 7) is 2.25. The van der Waals surface area contributed by atoms with Gasteiger partial charge in [-0.25, -0.2) is 9.97 Å². The van der Waals surface area contributed by atoms with Crippen LogP contribution in [0, 0.1) is 5.92 Å². The number of hydrogen-bond acceptors (Lipinski definition) is 4. The maximum Gasteiger partial charge on any atom is 0.573 e. The minimum atomic E-state index is -4.76. The molecule has 0 saturated heterocycles. The van der Waals surface area contributed by atoms with E-state index in [1.165, 1.54) is 12.1 Å². The third-order valence-electron chi connectivity index (χ3n) is 5.85. The second-order valence-corrected chi connectivity index (χ2v) is 9.12. The molecule has 0 spiro atoms. The molecule has 2 aromatic heterocycles. The number of hydrogen-bond donors (Lipinski definition) is 1. The van der Waals surface area contributed by atoms with Gasteiger partial charge in [0.15, 0.2) is 5.65 Å². The Labute approximate surface area is 208 Å². The van der Waals surface area contributed by atoms with Gasteiger partial charge in [0.05, 0.1) is 12.5 Å². The lowest BCUT2D eigenvalue weighted by Crippen LogP contribution is -2.30. The van der Waals surface area contributed by atoms with Gasteiger partial charge in [0, 0.05) is 17.1 Å². The van der Waals surface area contributed by atoms with Gasteiger partial charge in [-0.2, -0.15) is 0 Å². The van der Waals surface area contributed by atoms with Crippen molar-refractivity contribution in [3.05, 3.63) is 88.3 Å². The first-order valence-corrected chi connectivity index (χ1v) is 11.6. The van der Waals surface area contributed by atoms with E-state index < -0.39 is 18.2 Å². The number of nitrogens with zero attached hydrogens (tertiary/aromatic N) is 3. The molecule has 2 N–H and O–H groups in total. The first kappa shape index (κ1) is 24.7. The summed E-state index contributed by atoms with van der Waals surface area (Å²) in [4.78, 5) is 21.6. The van der Waals surface area contributed by atoms with Gasteiger partial charge in [0.25, 0.3) is 0 Å². The summed E-state index contributed by atoms with van der Waals surface area (Å²) >= 11 is 3.42. The molecule has 2 aromatic carbocycles. The number of nitrogens with two attached hydrogens (primary N) is 1. The normalized spacial score (nSPS) is 13.5. The predicted molar refractivity (Wildman–Crippen MR) is 129 cm³/mol. The van der Waals surface area contributed by atoms with Crippen LogP contribution < -0.4 is 10.5 Å². The zero-order valence-electron chi connectivity index (χ0n) is 18.7. The lowest BCUT2D eigenvalue weighted by molar-refractivity contribution is -0.274. The highest BCUT2D eigenvalue weighted by Crippen LogP contribution is 2.30. The molecule has 0 radical (unpaired) electrons. The third-order valence-corrected chi connectivity index (χ3v) is 6.38. The van der Waals surface area contributed by atoms with Gasteiger partial charge in [-0.05, 0) is 53.4 Å². The van der Waals surface area contributed by atoms with Crippen LogP contribution in [-0.2, 0) is 17.8 Å². The highest BCUT2D eigenvalue weighted by molar-refractivity contribution is 9.10. The number of carbonyl (C=O) groups is 1. The molecule has 2 heterocycles. The van der Waals surface area contributed by atoms with E-state index in [4.69, 9.17) is 10.7 Å². The number of amides is 1. The highest BCUT2D eigenvalue weighted by atomic mass is 79.9. The maximum atomic E-state index is 12.5. The molecule has 0 aliphatic rings. The van der Waals surface area contributed by atoms with E-state index in [0.29, 0.717) is 23.5 Å². The highest BCUT2D eigenvalue weighted by Gasteiger charge is 2.31. The van der Waals surface area contributed by atoms with Gasteiger partial charge in [0.1, 0.15) is 17.1 Å². The zero-order chi connectivity index (χ0) is 25.2. The van der Waals surface area contributed by atoms with E-state index >= 15 is 0 Å². The van der Waals surface area contributed by atoms with Crippen LogP contribution in [0.1, 0.15) is 29.8 Å². The number of carbonyl (C=O) groups excluding carboxylic acids is 1. The van der Waals surface area contributed by atoms with Crippen molar-refractivity contribution in [1.82, 2.24) is 14.5 Å². The standard InChI is InChI=1S/C25H22BrF3N4O2/c1-15(17-6-8-18(26)9-7-17)20(23(30)34)13-22-32-21-3-2-12-31-24(21)33(22)14-16-4-10-19(11-5-16)35-25(27,28)29/h2-12,15,20H,13-14H2,1H3,(H2,30,34)/t15-,20?/m1/s1. The molecule has 182 valence electrons. The molecular weight excluding hydrogens is 525 g/mol. The number of aromatic nitrogens is 3. The van der Waals surface area contributed by atoms with Crippen molar-refractivity contribution in [3.63, 3.8) is 0 Å². The Morgan fingerprint density at radius 1 is 1.11 bits per heavy atom. The first-order valence-electron chi connectivity index (χ1n) is 10.8. The smallest absolute Gasteiger partial charge is 0.406 e. The molecule has 0 aliphatic heterocycles. The Kier molecular flexibility index (Phi) is 7.11. The molecule has 0 fully saturated rings. The van der Waals surface area contributed by atoms with Crippen LogP contribution in [0.25, 0.3) is 11.2 Å². The molecule has 4 rings (SSSR count). The van der Waals surface area contributed by atoms with Crippen molar-refractivity contribution in [2.24, 2.45) is 11.7 Å². The minimum Gasteiger partial charge on any atom is -0.406 e. The van der Waals surface area contributed by atoms with Gasteiger partial charge in [0.2, 0.25) is 5.91 Å². The number of pyridine rings is 1. The molecule has 35 heavy (non-hydrogen) atoms. The summed E-state index contributed by atoms with van der Waals surface area (Å²) in [6, 6.07) is 16.9. The van der Waals surface area contributed by atoms with Crippen molar-refractivity contribution in [2.75, 3.05) is 0 Å². The Hall–Kier alpha value is -3.40. The largest absolute Gasteiger partial charge is 0.573 e. The summed E-state index contributed by atoms with van der Waals surface area (Å²) in [6.07, 6.45) is -2.84. The molecule has 10 heteroatoms. The minimum absolute atomic E-state index is 0.166. The van der Waals surface area contributed by atoms with Gasteiger partial charge in [-0.1, -0.05) is 47.1 Å². The average molecular weight is 547 g/mol. The predicted octanol–water partition coefficient (Wildman–Crippen LogP) is 5.59. The van der Waals surface area contributed by atoms with Crippen LogP contribution in [0.4, 0.5) is 13.2 Å². The fraction of sp³-hybridized carbons (Fsp3) is 0.240. The van der Waals surface area contributed by atoms with Gasteiger partial charge in [-0.15, -0.1) is 13.2 Å². The second-order valence-electron chi connectivity index (χ2n) is 8.21. The lowest BCUT2D eigenvalue weighted by Gasteiger charge is -2.22. The summed E-state index contributed by atoms with van der Waals surface area (Å²) in [5, 5.41) is 0. The molecule has 0 aliphatic carbocycles. The second kappa shape index (κ2) is 10.1. The number of benzene rings is 2. The fourth-order valence-corrected chi connectivity index (χ4v) is 4.29. The SMILES string of the molecule is C[C@H](c1ccc(Br)cc1)C(Cc1nc2cccnc2n1Cc1ccc(OC(F)(F)F)cc1)C(N)=O. The van der Waals surface area contributed by atoms with Crippen molar-refractivity contribution < 1.29 is 22.7 Å². The molecule has 1 unspecified atom stereocenters. The molecule has 4 aromatic rings. The summed E-state index contributed by atoms with van der Waals surface area (Å²) in [5.41, 5.74) is 8.77. The summed E-state index contributed by atoms with van der Waals surface area (Å²) in [7, 11) is 0. The van der Waals surface area contributed by atoms with Crippen molar-refractivity contribution in [3.8, 4) is 5.75 Å². The van der Waals surface area contributed by atoms with E-state index in [2.05, 4.69) is 25.7 Å². The Morgan fingerprint density at radius 3 is 2.43 bits per heavy atom. The fourth-order valence-electron chi connectivity index (χ4n) is 4.03. The number of primary amides is 1. The van der Waals surface area contributed by atoms with Crippen LogP contribution in [0.2, 0.25) is 0 Å². The summed E-state index contributed by atoms with van der Waals surface area (Å²) < 4.78 is 44.2. The third kappa shape index (κ3) is 6.00. The molecule has 0 bridgehead atoms. The maximum absolute atomic E-state index is 12.5. The number of imidazole rings is 1. The van der Waals surface area contributed by atoms with Gasteiger partial charge >= 0.3 is 6.36 Å². The Balaban J connectivity index is 1.65. The van der Waals surface area contributed by atoms with E-state index in [1.54, 1.807) is 24.4 Å². The molecule has 0 saturated carbocycles. The van der Waals surface area contributed by atoms with Crippen LogP contribution in [0.15, 0.2) is 71.3 Å². The van der Waals surface area contributed by atoms with E-state index in [0.717, 1.165) is 15.6 Å². The van der Waals surface area contributed by atoms with Crippen LogP contribution >= 0.6 is 15.9 Å². The van der Waals surface area contributed by atoms with Crippen molar-refractivity contribution >= 4 is 33.0 Å². The number of rotatable bonds is 8. The van der Waals surface area contributed by atoms with Crippen LogP contribution in [0.5, 0.6) is 5.75 Å². The van der Waals surface area contributed by atoms with Crippen LogP contribution in [0.3, 0.4) is 0 Å².